The van der Waals surface area contributed by atoms with E-state index in [0.29, 0.717) is 31.1 Å². The molecule has 0 aliphatic carbocycles. The van der Waals surface area contributed by atoms with Crippen LogP contribution in [0.1, 0.15) is 41.2 Å². The monoisotopic (exact) mass is 475 g/mol. The van der Waals surface area contributed by atoms with Crippen molar-refractivity contribution in [3.05, 3.63) is 84.1 Å². The van der Waals surface area contributed by atoms with Crippen LogP contribution in [0.3, 0.4) is 0 Å². The average molecular weight is 476 g/mol. The van der Waals surface area contributed by atoms with Crippen molar-refractivity contribution >= 4 is 11.8 Å². The minimum absolute atomic E-state index is 0.149. The van der Waals surface area contributed by atoms with E-state index in [1.54, 1.807) is 24.4 Å². The fourth-order valence-corrected chi connectivity index (χ4v) is 3.91. The SMILES string of the molecule is O=C(CN1CCCCCOc2ccccc2Oc2ncccc2C1=O)N[C@H](CO)c1ccccc1. The van der Waals surface area contributed by atoms with E-state index in [-0.39, 0.29) is 36.4 Å². The quantitative estimate of drug-likeness (QED) is 0.583. The third kappa shape index (κ3) is 6.36. The number of nitrogens with one attached hydrogen (secondary N) is 1. The number of hydrogen-bond acceptors (Lipinski definition) is 6. The second-order valence-electron chi connectivity index (χ2n) is 8.25. The fraction of sp³-hybridized carbons (Fsp3) is 0.296. The Morgan fingerprint density at radius 1 is 1.00 bits per heavy atom. The molecule has 2 amide bonds. The van der Waals surface area contributed by atoms with Crippen LogP contribution in [0.5, 0.6) is 17.4 Å². The van der Waals surface area contributed by atoms with E-state index in [2.05, 4.69) is 10.3 Å². The molecular weight excluding hydrogens is 446 g/mol. The smallest absolute Gasteiger partial charge is 0.259 e. The Labute approximate surface area is 204 Å². The molecule has 2 aromatic carbocycles. The number of benzene rings is 2. The summed E-state index contributed by atoms with van der Waals surface area (Å²) in [5, 5.41) is 12.6. The van der Waals surface area contributed by atoms with E-state index in [0.717, 1.165) is 18.4 Å². The molecule has 0 fully saturated rings. The summed E-state index contributed by atoms with van der Waals surface area (Å²) in [5.74, 6) is 0.503. The maximum Gasteiger partial charge on any atom is 0.259 e. The highest BCUT2D eigenvalue weighted by Gasteiger charge is 2.25. The first-order valence-corrected chi connectivity index (χ1v) is 11.7. The van der Waals surface area contributed by atoms with Crippen molar-refractivity contribution < 1.29 is 24.2 Å². The number of carbonyl (C=O) groups is 2. The molecule has 4 rings (SSSR count). The van der Waals surface area contributed by atoms with Crippen LogP contribution >= 0.6 is 0 Å². The number of hydrogen-bond donors (Lipinski definition) is 2. The van der Waals surface area contributed by atoms with Gasteiger partial charge in [-0.3, -0.25) is 9.59 Å². The summed E-state index contributed by atoms with van der Waals surface area (Å²) < 4.78 is 11.9. The third-order valence-corrected chi connectivity index (χ3v) is 5.73. The van der Waals surface area contributed by atoms with Crippen molar-refractivity contribution in [2.75, 3.05) is 26.3 Å². The van der Waals surface area contributed by atoms with E-state index >= 15 is 0 Å². The second-order valence-corrected chi connectivity index (χ2v) is 8.25. The molecule has 8 heteroatoms. The van der Waals surface area contributed by atoms with Crippen LogP contribution in [-0.2, 0) is 4.79 Å². The Bertz CT molecular complexity index is 1140. The maximum absolute atomic E-state index is 13.6. The number of nitrogens with zero attached hydrogens (tertiary/aromatic N) is 2. The van der Waals surface area contributed by atoms with Gasteiger partial charge in [0, 0.05) is 12.7 Å². The fourth-order valence-electron chi connectivity index (χ4n) is 3.91. The average Bonchev–Trinajstić information content (AvgIpc) is 2.90. The van der Waals surface area contributed by atoms with Crippen molar-refractivity contribution in [2.45, 2.75) is 25.3 Å². The van der Waals surface area contributed by atoms with Gasteiger partial charge in [0.15, 0.2) is 11.5 Å². The number of carbonyl (C=O) groups excluding carboxylic acids is 2. The van der Waals surface area contributed by atoms with Crippen LogP contribution in [0.4, 0.5) is 0 Å². The molecule has 1 aliphatic heterocycles. The topological polar surface area (TPSA) is 101 Å². The molecule has 0 spiro atoms. The Hall–Kier alpha value is -3.91. The molecule has 182 valence electrons. The summed E-state index contributed by atoms with van der Waals surface area (Å²) in [4.78, 5) is 32.3. The van der Waals surface area contributed by atoms with Gasteiger partial charge >= 0.3 is 0 Å². The summed E-state index contributed by atoms with van der Waals surface area (Å²) in [6.07, 6.45) is 3.89. The van der Waals surface area contributed by atoms with Crippen LogP contribution < -0.4 is 14.8 Å². The maximum atomic E-state index is 13.6. The van der Waals surface area contributed by atoms with Gasteiger partial charge in [-0.25, -0.2) is 4.98 Å². The molecule has 1 aromatic heterocycles. The Balaban J connectivity index is 1.56. The van der Waals surface area contributed by atoms with Gasteiger partial charge in [-0.05, 0) is 49.1 Å². The zero-order valence-corrected chi connectivity index (χ0v) is 19.4. The zero-order chi connectivity index (χ0) is 24.5. The van der Waals surface area contributed by atoms with Crippen LogP contribution in [0.15, 0.2) is 72.9 Å². The van der Waals surface area contributed by atoms with Crippen molar-refractivity contribution in [3.63, 3.8) is 0 Å². The molecule has 0 unspecified atom stereocenters. The third-order valence-electron chi connectivity index (χ3n) is 5.73. The van der Waals surface area contributed by atoms with Crippen LogP contribution in [-0.4, -0.2) is 53.1 Å². The van der Waals surface area contributed by atoms with Crippen molar-refractivity contribution in [1.29, 1.82) is 0 Å². The molecule has 35 heavy (non-hydrogen) atoms. The van der Waals surface area contributed by atoms with E-state index in [1.165, 1.54) is 4.90 Å². The number of aromatic nitrogens is 1. The first-order chi connectivity index (χ1) is 17.2. The number of aliphatic hydroxyl groups excluding tert-OH is 1. The summed E-state index contributed by atoms with van der Waals surface area (Å²) in [5.41, 5.74) is 1.05. The van der Waals surface area contributed by atoms with E-state index in [4.69, 9.17) is 9.47 Å². The van der Waals surface area contributed by atoms with Crippen molar-refractivity contribution in [1.82, 2.24) is 15.2 Å². The first-order valence-electron chi connectivity index (χ1n) is 11.7. The molecule has 8 nitrogen and oxygen atoms in total. The number of rotatable bonds is 5. The van der Waals surface area contributed by atoms with Crippen LogP contribution in [0.25, 0.3) is 0 Å². The highest BCUT2D eigenvalue weighted by molar-refractivity contribution is 5.98. The Morgan fingerprint density at radius 3 is 2.57 bits per heavy atom. The molecule has 2 N–H and O–H groups in total. The summed E-state index contributed by atoms with van der Waals surface area (Å²) in [7, 11) is 0. The van der Waals surface area contributed by atoms with Gasteiger partial charge < -0.3 is 24.8 Å². The van der Waals surface area contributed by atoms with Crippen LogP contribution in [0.2, 0.25) is 0 Å². The lowest BCUT2D eigenvalue weighted by Gasteiger charge is -2.24. The normalized spacial score (nSPS) is 15.1. The molecular formula is C27H29N3O5. The van der Waals surface area contributed by atoms with E-state index in [1.807, 2.05) is 48.5 Å². The number of aliphatic hydroxyl groups is 1. The number of ether oxygens (including phenoxy) is 2. The number of para-hydroxylation sites is 2. The van der Waals surface area contributed by atoms with Gasteiger partial charge in [0.1, 0.15) is 5.56 Å². The van der Waals surface area contributed by atoms with Gasteiger partial charge in [0.25, 0.3) is 5.91 Å². The minimum atomic E-state index is -0.555. The number of amides is 2. The highest BCUT2D eigenvalue weighted by atomic mass is 16.5. The van der Waals surface area contributed by atoms with E-state index < -0.39 is 6.04 Å². The predicted molar refractivity (Wildman–Crippen MR) is 130 cm³/mol. The lowest BCUT2D eigenvalue weighted by Crippen LogP contribution is -2.43. The number of pyridine rings is 1. The standard InChI is InChI=1S/C27H29N3O5/c31-19-22(20-10-3-1-4-11-20)29-25(32)18-30-16-7-2-8-17-34-23-13-5-6-14-24(23)35-26-21(27(30)33)12-9-15-28-26/h1,3-6,9-15,22,31H,2,7-8,16-19H2,(H,29,32)/t22-/m1/s1. The zero-order valence-electron chi connectivity index (χ0n) is 19.4. The Morgan fingerprint density at radius 2 is 1.77 bits per heavy atom. The summed E-state index contributed by atoms with van der Waals surface area (Å²) in [6, 6.07) is 19.3. The van der Waals surface area contributed by atoms with Crippen LogP contribution in [0, 0.1) is 0 Å². The Kier molecular flexibility index (Phi) is 8.30. The largest absolute Gasteiger partial charge is 0.490 e. The summed E-state index contributed by atoms with van der Waals surface area (Å²) >= 11 is 0. The van der Waals surface area contributed by atoms with Gasteiger partial charge in [-0.1, -0.05) is 42.5 Å². The molecule has 0 bridgehead atoms. The lowest BCUT2D eigenvalue weighted by atomic mass is 10.1. The number of fused-ring (bicyclic) bond motifs is 2. The van der Waals surface area contributed by atoms with Gasteiger partial charge in [-0.15, -0.1) is 0 Å². The second kappa shape index (κ2) is 12.0. The predicted octanol–water partition coefficient (Wildman–Crippen LogP) is 3.73. The summed E-state index contributed by atoms with van der Waals surface area (Å²) in [6.45, 7) is 0.509. The van der Waals surface area contributed by atoms with Gasteiger partial charge in [0.2, 0.25) is 11.8 Å². The first kappa shape index (κ1) is 24.2. The minimum Gasteiger partial charge on any atom is -0.490 e. The highest BCUT2D eigenvalue weighted by Crippen LogP contribution is 2.32. The molecule has 0 radical (unpaired) electrons. The molecule has 0 saturated heterocycles. The van der Waals surface area contributed by atoms with Gasteiger partial charge in [-0.2, -0.15) is 0 Å². The molecule has 3 aromatic rings. The van der Waals surface area contributed by atoms with E-state index in [9.17, 15) is 14.7 Å². The van der Waals surface area contributed by atoms with Gasteiger partial charge in [0.05, 0.1) is 25.8 Å². The molecule has 0 saturated carbocycles. The molecule has 1 aliphatic rings. The van der Waals surface area contributed by atoms with Crippen molar-refractivity contribution in [2.24, 2.45) is 0 Å². The molecule has 2 heterocycles. The lowest BCUT2D eigenvalue weighted by molar-refractivity contribution is -0.122. The molecule has 1 atom stereocenters. The van der Waals surface area contributed by atoms with Crippen molar-refractivity contribution in [3.8, 4) is 17.4 Å².